The number of amides is 1. The lowest BCUT2D eigenvalue weighted by Gasteiger charge is -2.16. The highest BCUT2D eigenvalue weighted by molar-refractivity contribution is 7.89. The SMILES string of the molecule is O=C1CCCN1Cc1ccc(-c2ccccc2CNS(=O)(=O)c2cccc(Cl)c2Cl)cc1. The van der Waals surface area contributed by atoms with Gasteiger partial charge in [0.2, 0.25) is 15.9 Å². The first-order valence-corrected chi connectivity index (χ1v) is 12.5. The van der Waals surface area contributed by atoms with Gasteiger partial charge in [-0.15, -0.1) is 0 Å². The van der Waals surface area contributed by atoms with E-state index in [-0.39, 0.29) is 27.4 Å². The summed E-state index contributed by atoms with van der Waals surface area (Å²) in [5.74, 6) is 0.200. The summed E-state index contributed by atoms with van der Waals surface area (Å²) in [4.78, 5) is 13.7. The van der Waals surface area contributed by atoms with Crippen LogP contribution in [0.15, 0.2) is 71.6 Å². The normalized spacial score (nSPS) is 14.2. The van der Waals surface area contributed by atoms with E-state index in [9.17, 15) is 13.2 Å². The number of nitrogens with zero attached hydrogens (tertiary/aromatic N) is 1. The zero-order chi connectivity index (χ0) is 22.7. The van der Waals surface area contributed by atoms with E-state index < -0.39 is 10.0 Å². The maximum Gasteiger partial charge on any atom is 0.242 e. The summed E-state index contributed by atoms with van der Waals surface area (Å²) in [6.07, 6.45) is 1.54. The maximum atomic E-state index is 12.8. The Hall–Kier alpha value is -2.38. The molecule has 0 aromatic heterocycles. The molecule has 1 amide bonds. The second-order valence-electron chi connectivity index (χ2n) is 7.65. The third-order valence-corrected chi connectivity index (χ3v) is 7.86. The van der Waals surface area contributed by atoms with Gasteiger partial charge in [-0.1, -0.05) is 77.8 Å². The molecule has 166 valence electrons. The molecule has 32 heavy (non-hydrogen) atoms. The summed E-state index contributed by atoms with van der Waals surface area (Å²) in [6, 6.07) is 20.1. The van der Waals surface area contributed by atoms with Crippen molar-refractivity contribution in [2.24, 2.45) is 0 Å². The lowest BCUT2D eigenvalue weighted by Crippen LogP contribution is -2.24. The van der Waals surface area contributed by atoms with Gasteiger partial charge in [0.1, 0.15) is 4.90 Å². The molecule has 1 N–H and O–H groups in total. The van der Waals surface area contributed by atoms with Gasteiger partial charge in [-0.2, -0.15) is 0 Å². The van der Waals surface area contributed by atoms with Gasteiger partial charge in [0, 0.05) is 26.1 Å². The van der Waals surface area contributed by atoms with Crippen molar-refractivity contribution in [2.75, 3.05) is 6.54 Å². The predicted molar refractivity (Wildman–Crippen MR) is 127 cm³/mol. The number of carbonyl (C=O) groups is 1. The maximum absolute atomic E-state index is 12.8. The number of carbonyl (C=O) groups excluding carboxylic acids is 1. The highest BCUT2D eigenvalue weighted by Crippen LogP contribution is 2.30. The Labute approximate surface area is 198 Å². The first-order valence-electron chi connectivity index (χ1n) is 10.2. The van der Waals surface area contributed by atoms with Crippen LogP contribution in [0, 0.1) is 0 Å². The van der Waals surface area contributed by atoms with Crippen molar-refractivity contribution in [2.45, 2.75) is 30.8 Å². The Balaban J connectivity index is 1.52. The molecule has 0 spiro atoms. The van der Waals surface area contributed by atoms with Gasteiger partial charge in [-0.05, 0) is 40.8 Å². The molecule has 3 aromatic carbocycles. The van der Waals surface area contributed by atoms with Gasteiger partial charge in [0.15, 0.2) is 0 Å². The Morgan fingerprint density at radius 1 is 0.938 bits per heavy atom. The zero-order valence-corrected chi connectivity index (χ0v) is 19.6. The van der Waals surface area contributed by atoms with E-state index in [0.29, 0.717) is 13.0 Å². The quantitative estimate of drug-likeness (QED) is 0.492. The van der Waals surface area contributed by atoms with Gasteiger partial charge >= 0.3 is 0 Å². The lowest BCUT2D eigenvalue weighted by molar-refractivity contribution is -0.128. The molecule has 0 aliphatic carbocycles. The topological polar surface area (TPSA) is 66.5 Å². The van der Waals surface area contributed by atoms with Crippen LogP contribution in [-0.4, -0.2) is 25.8 Å². The molecule has 1 aliphatic heterocycles. The van der Waals surface area contributed by atoms with Crippen LogP contribution in [0.5, 0.6) is 0 Å². The predicted octanol–water partition coefficient (Wildman–Crippen LogP) is 5.26. The van der Waals surface area contributed by atoms with Crippen molar-refractivity contribution in [3.8, 4) is 11.1 Å². The Bertz CT molecular complexity index is 1240. The molecule has 1 heterocycles. The first kappa shape index (κ1) is 22.8. The second kappa shape index (κ2) is 9.63. The largest absolute Gasteiger partial charge is 0.338 e. The first-order chi connectivity index (χ1) is 15.3. The van der Waals surface area contributed by atoms with E-state index in [2.05, 4.69) is 4.72 Å². The van der Waals surface area contributed by atoms with Crippen LogP contribution in [0.2, 0.25) is 10.0 Å². The van der Waals surface area contributed by atoms with E-state index in [1.807, 2.05) is 53.4 Å². The number of nitrogens with one attached hydrogen (secondary N) is 1. The Kier molecular flexibility index (Phi) is 6.86. The highest BCUT2D eigenvalue weighted by Gasteiger charge is 2.21. The lowest BCUT2D eigenvalue weighted by atomic mass is 9.98. The summed E-state index contributed by atoms with van der Waals surface area (Å²) in [7, 11) is -3.84. The fourth-order valence-corrected chi connectivity index (χ4v) is 5.55. The van der Waals surface area contributed by atoms with Crippen molar-refractivity contribution in [3.05, 3.63) is 87.9 Å². The molecule has 0 saturated carbocycles. The molecule has 1 fully saturated rings. The molecule has 8 heteroatoms. The fraction of sp³-hybridized carbons (Fsp3) is 0.208. The van der Waals surface area contributed by atoms with Crippen molar-refractivity contribution in [1.29, 1.82) is 0 Å². The molecule has 1 aliphatic rings. The van der Waals surface area contributed by atoms with Crippen LogP contribution in [0.25, 0.3) is 11.1 Å². The molecule has 0 unspecified atom stereocenters. The summed E-state index contributed by atoms with van der Waals surface area (Å²) < 4.78 is 28.2. The molecule has 5 nitrogen and oxygen atoms in total. The zero-order valence-electron chi connectivity index (χ0n) is 17.2. The number of halogens is 2. The van der Waals surface area contributed by atoms with Crippen molar-refractivity contribution < 1.29 is 13.2 Å². The molecular weight excluding hydrogens is 467 g/mol. The van der Waals surface area contributed by atoms with Crippen LogP contribution < -0.4 is 4.72 Å². The van der Waals surface area contributed by atoms with Gasteiger partial charge in [-0.25, -0.2) is 13.1 Å². The van der Waals surface area contributed by atoms with Gasteiger partial charge in [0.25, 0.3) is 0 Å². The molecule has 1 saturated heterocycles. The summed E-state index contributed by atoms with van der Waals surface area (Å²) in [5.41, 5.74) is 3.79. The van der Waals surface area contributed by atoms with E-state index >= 15 is 0 Å². The van der Waals surface area contributed by atoms with Crippen molar-refractivity contribution >= 4 is 39.1 Å². The highest BCUT2D eigenvalue weighted by atomic mass is 35.5. The number of benzene rings is 3. The van der Waals surface area contributed by atoms with E-state index in [1.54, 1.807) is 12.1 Å². The van der Waals surface area contributed by atoms with Gasteiger partial charge in [-0.3, -0.25) is 4.79 Å². The fourth-order valence-electron chi connectivity index (χ4n) is 3.78. The number of hydrogen-bond acceptors (Lipinski definition) is 3. The number of rotatable bonds is 7. The smallest absolute Gasteiger partial charge is 0.242 e. The summed E-state index contributed by atoms with van der Waals surface area (Å²) in [5, 5.41) is 0.188. The van der Waals surface area contributed by atoms with Crippen LogP contribution in [-0.2, 0) is 27.9 Å². The average Bonchev–Trinajstić information content (AvgIpc) is 3.19. The average molecular weight is 489 g/mol. The molecule has 3 aromatic rings. The third kappa shape index (κ3) is 4.99. The van der Waals surface area contributed by atoms with Crippen molar-refractivity contribution in [3.63, 3.8) is 0 Å². The number of likely N-dealkylation sites (tertiary alicyclic amines) is 1. The van der Waals surface area contributed by atoms with Gasteiger partial charge in [0.05, 0.1) is 10.0 Å². The third-order valence-electron chi connectivity index (χ3n) is 5.49. The van der Waals surface area contributed by atoms with E-state index in [1.165, 1.54) is 6.07 Å². The minimum atomic E-state index is -3.84. The van der Waals surface area contributed by atoms with E-state index in [4.69, 9.17) is 23.2 Å². The minimum absolute atomic E-state index is 0.00187. The van der Waals surface area contributed by atoms with E-state index in [0.717, 1.165) is 35.2 Å². The number of hydrogen-bond donors (Lipinski definition) is 1. The van der Waals surface area contributed by atoms with Crippen LogP contribution >= 0.6 is 23.2 Å². The summed E-state index contributed by atoms with van der Waals surface area (Å²) >= 11 is 12.1. The van der Waals surface area contributed by atoms with Crippen LogP contribution in [0.4, 0.5) is 0 Å². The van der Waals surface area contributed by atoms with Gasteiger partial charge < -0.3 is 4.90 Å². The molecule has 0 bridgehead atoms. The Morgan fingerprint density at radius 2 is 1.69 bits per heavy atom. The summed E-state index contributed by atoms with van der Waals surface area (Å²) in [6.45, 7) is 1.52. The second-order valence-corrected chi connectivity index (χ2v) is 10.2. The van der Waals surface area contributed by atoms with Crippen LogP contribution in [0.3, 0.4) is 0 Å². The number of sulfonamides is 1. The van der Waals surface area contributed by atoms with Crippen LogP contribution in [0.1, 0.15) is 24.0 Å². The molecular formula is C24H22Cl2N2O3S. The minimum Gasteiger partial charge on any atom is -0.338 e. The Morgan fingerprint density at radius 3 is 2.41 bits per heavy atom. The monoisotopic (exact) mass is 488 g/mol. The molecule has 4 rings (SSSR count). The molecule has 0 radical (unpaired) electrons. The van der Waals surface area contributed by atoms with Crippen molar-refractivity contribution in [1.82, 2.24) is 9.62 Å². The standard InChI is InChI=1S/C24H22Cl2N2O3S/c25-21-7-3-8-22(24(21)26)32(30,31)27-15-19-5-1-2-6-20(19)18-12-10-17(11-13-18)16-28-14-4-9-23(28)29/h1-3,5-8,10-13,27H,4,9,14-16H2. The molecule has 0 atom stereocenters.